The van der Waals surface area contributed by atoms with Gasteiger partial charge < -0.3 is 4.98 Å². The van der Waals surface area contributed by atoms with E-state index in [2.05, 4.69) is 83.8 Å². The van der Waals surface area contributed by atoms with E-state index in [9.17, 15) is 0 Å². The van der Waals surface area contributed by atoms with Gasteiger partial charge in [-0.15, -0.1) is 5.52 Å². The van der Waals surface area contributed by atoms with Gasteiger partial charge in [-0.3, -0.25) is 4.99 Å². The second-order valence-electron chi connectivity index (χ2n) is 6.98. The average molecular weight is 538 g/mol. The van der Waals surface area contributed by atoms with E-state index in [1.54, 1.807) is 0 Å². The van der Waals surface area contributed by atoms with Crippen LogP contribution < -0.4 is 4.98 Å². The molecule has 1 aromatic heterocycles. The summed E-state index contributed by atoms with van der Waals surface area (Å²) in [6.45, 7) is 0. The van der Waals surface area contributed by atoms with Crippen molar-refractivity contribution in [3.05, 3.63) is 115 Å². The number of hydrogen-bond donors (Lipinski definition) is 0. The number of rotatable bonds is 4. The summed E-state index contributed by atoms with van der Waals surface area (Å²) in [4.78, 5) is 9.49. The van der Waals surface area contributed by atoms with Crippen LogP contribution in [0.5, 0.6) is 0 Å². The summed E-state index contributed by atoms with van der Waals surface area (Å²) >= 11 is -0.586. The molecule has 1 heterocycles. The summed E-state index contributed by atoms with van der Waals surface area (Å²) < 4.78 is 0. The fraction of sp³-hybridized carbons (Fsp3) is 0. The Morgan fingerprint density at radius 1 is 0.656 bits per heavy atom. The van der Waals surface area contributed by atoms with Crippen LogP contribution in [0.4, 0.5) is 5.69 Å². The molecule has 32 heavy (non-hydrogen) atoms. The first-order valence-corrected chi connectivity index (χ1v) is 15.2. The molecule has 158 valence electrons. The summed E-state index contributed by atoms with van der Waals surface area (Å²) in [7, 11) is 9.79. The molecule has 0 aliphatic heterocycles. The molecule has 0 unspecified atom stereocenters. The van der Waals surface area contributed by atoms with Gasteiger partial charge >= 0.3 is 35.3 Å². The number of halogens is 2. The van der Waals surface area contributed by atoms with E-state index in [1.165, 1.54) is 0 Å². The molecule has 0 fully saturated rings. The molecular weight excluding hydrogens is 519 g/mol. The van der Waals surface area contributed by atoms with Gasteiger partial charge in [-0.1, -0.05) is 103 Å². The Hall–Kier alpha value is -2.64. The molecule has 0 atom stereocenters. The first-order chi connectivity index (χ1) is 15.8. The molecule has 0 saturated heterocycles. The summed E-state index contributed by atoms with van der Waals surface area (Å²) in [5.74, 6) is 0. The molecule has 0 aliphatic carbocycles. The first kappa shape index (κ1) is 22.5. The first-order valence-electron chi connectivity index (χ1n) is 9.99. The van der Waals surface area contributed by atoms with Crippen molar-refractivity contribution in [3.8, 4) is 22.3 Å². The number of fused-ring (bicyclic) bond motifs is 1. The maximum absolute atomic E-state index is 4.99. The summed E-state index contributed by atoms with van der Waals surface area (Å²) in [5.41, 5.74) is 7.51. The van der Waals surface area contributed by atoms with E-state index in [0.717, 1.165) is 44.4 Å². The topological polar surface area (TPSA) is 26.5 Å². The van der Waals surface area contributed by atoms with Gasteiger partial charge in [0, 0.05) is 17.3 Å². The predicted octanol–water partition coefficient (Wildman–Crippen LogP) is 8.26. The quantitative estimate of drug-likeness (QED) is 0.167. The Morgan fingerprint density at radius 3 is 1.81 bits per heavy atom. The molecule has 0 spiro atoms. The number of nitrogens with zero attached hydrogens (tertiary/aromatic N) is 2. The molecule has 2 nitrogen and oxygen atoms in total. The van der Waals surface area contributed by atoms with Gasteiger partial charge in [0.25, 0.3) is 0 Å². The van der Waals surface area contributed by atoms with Crippen LogP contribution in [0.1, 0.15) is 5.56 Å². The second-order valence-corrected chi connectivity index (χ2v) is 10.0. The van der Waals surface area contributed by atoms with E-state index in [1.807, 2.05) is 36.7 Å². The fourth-order valence-electron chi connectivity index (χ4n) is 3.68. The Kier molecular flexibility index (Phi) is 7.96. The monoisotopic (exact) mass is 539 g/mol. The third kappa shape index (κ3) is 5.22. The minimum atomic E-state index is -0.586. The van der Waals surface area contributed by atoms with Crippen molar-refractivity contribution in [2.24, 2.45) is 4.99 Å². The number of aromatic nitrogens is 1. The van der Waals surface area contributed by atoms with E-state index in [0.29, 0.717) is 0 Å². The van der Waals surface area contributed by atoms with Crippen LogP contribution in [0.25, 0.3) is 33.2 Å². The van der Waals surface area contributed by atoms with Gasteiger partial charge in [-0.2, -0.15) is 6.20 Å². The third-order valence-electron chi connectivity index (χ3n) is 5.09. The molecule has 0 N–H and O–H groups in total. The average Bonchev–Trinajstić information content (AvgIpc) is 3.34. The Bertz CT molecular complexity index is 1260. The van der Waals surface area contributed by atoms with Gasteiger partial charge in [0.1, 0.15) is 0 Å². The standard InChI is InChI=1S/C27H19N2.2ClH.Mo/c1-3-9-20(10-4-1)24-15-8-16-25(21-11-5-2-6-12-21)27(24)29-19-23-14-7-13-22-17-18-28-26(22)23;;;/h1-19H;2*1H;/q-1;;;+2/p-2. The van der Waals surface area contributed by atoms with Crippen molar-refractivity contribution in [1.29, 1.82) is 0 Å². The van der Waals surface area contributed by atoms with Gasteiger partial charge in [-0.05, 0) is 22.1 Å². The zero-order valence-electron chi connectivity index (χ0n) is 17.0. The number of para-hydroxylation sites is 2. The number of aliphatic imine (C=N–C) groups is 1. The third-order valence-corrected chi connectivity index (χ3v) is 5.09. The SMILES string of the molecule is C(=Nc1c(-c2ccccc2)cccc1-c1ccccc1)c1cccc2cc[n-]c12.[Cl][Mo][Cl]. The van der Waals surface area contributed by atoms with E-state index < -0.39 is 16.5 Å². The van der Waals surface area contributed by atoms with Crippen molar-refractivity contribution >= 4 is 41.6 Å². The fourth-order valence-corrected chi connectivity index (χ4v) is 3.68. The van der Waals surface area contributed by atoms with Crippen LogP contribution in [0, 0.1) is 0 Å². The van der Waals surface area contributed by atoms with Crippen molar-refractivity contribution in [3.63, 3.8) is 0 Å². The van der Waals surface area contributed by atoms with Crippen LogP contribution in [0.15, 0.2) is 114 Å². The predicted molar refractivity (Wildman–Crippen MR) is 134 cm³/mol. The molecule has 5 aromatic rings. The molecule has 0 amide bonds. The Labute approximate surface area is 204 Å². The van der Waals surface area contributed by atoms with Crippen LogP contribution in [0.2, 0.25) is 0 Å². The Balaban J connectivity index is 0.000000775. The van der Waals surface area contributed by atoms with Crippen LogP contribution in [0.3, 0.4) is 0 Å². The van der Waals surface area contributed by atoms with Crippen molar-refractivity contribution in [2.45, 2.75) is 0 Å². The molecule has 0 aliphatic rings. The molecule has 5 rings (SSSR count). The van der Waals surface area contributed by atoms with Crippen molar-refractivity contribution in [2.75, 3.05) is 0 Å². The van der Waals surface area contributed by atoms with Gasteiger partial charge in [0.05, 0.1) is 5.69 Å². The van der Waals surface area contributed by atoms with Gasteiger partial charge in [0.2, 0.25) is 0 Å². The van der Waals surface area contributed by atoms with Crippen molar-refractivity contribution < 1.29 is 16.5 Å². The normalized spacial score (nSPS) is 10.8. The summed E-state index contributed by atoms with van der Waals surface area (Å²) in [6.07, 6.45) is 3.78. The zero-order valence-corrected chi connectivity index (χ0v) is 20.5. The number of benzene rings is 4. The Morgan fingerprint density at radius 2 is 1.22 bits per heavy atom. The molecule has 0 saturated carbocycles. The number of hydrogen-bond acceptors (Lipinski definition) is 1. The molecular formula is C27H19Cl2MoN2-. The second kappa shape index (κ2) is 11.3. The van der Waals surface area contributed by atoms with Gasteiger partial charge in [-0.25, -0.2) is 0 Å². The van der Waals surface area contributed by atoms with E-state index >= 15 is 0 Å². The van der Waals surface area contributed by atoms with E-state index in [4.69, 9.17) is 23.8 Å². The van der Waals surface area contributed by atoms with Crippen LogP contribution in [-0.2, 0) is 16.5 Å². The van der Waals surface area contributed by atoms with Gasteiger partial charge in [0.15, 0.2) is 0 Å². The van der Waals surface area contributed by atoms with E-state index in [-0.39, 0.29) is 0 Å². The molecule has 0 radical (unpaired) electrons. The van der Waals surface area contributed by atoms with Crippen molar-refractivity contribution in [1.82, 2.24) is 4.98 Å². The summed E-state index contributed by atoms with van der Waals surface area (Å²) in [5, 5.41) is 1.13. The molecule has 4 aromatic carbocycles. The maximum atomic E-state index is 4.99. The van der Waals surface area contributed by atoms with Crippen LogP contribution in [-0.4, -0.2) is 6.21 Å². The summed E-state index contributed by atoms with van der Waals surface area (Å²) in [6, 6.07) is 35.4. The zero-order chi connectivity index (χ0) is 22.2. The molecule has 0 bridgehead atoms. The minimum absolute atomic E-state index is 0.586. The van der Waals surface area contributed by atoms with Crippen LogP contribution >= 0.6 is 18.8 Å². The molecule has 5 heteroatoms.